The number of carbonyl (C=O) groups excluding carboxylic acids is 1. The van der Waals surface area contributed by atoms with Crippen molar-refractivity contribution in [1.29, 1.82) is 0 Å². The molecule has 0 aromatic carbocycles. The van der Waals surface area contributed by atoms with Crippen LogP contribution in [-0.4, -0.2) is 11.9 Å². The number of carbonyl (C=O) groups is 1. The van der Waals surface area contributed by atoms with Crippen molar-refractivity contribution >= 4 is 5.91 Å². The van der Waals surface area contributed by atoms with E-state index in [0.717, 1.165) is 0 Å². The third kappa shape index (κ3) is 1.12. The highest BCUT2D eigenvalue weighted by molar-refractivity contribution is 5.73. The van der Waals surface area contributed by atoms with Gasteiger partial charge in [-0.1, -0.05) is 20.8 Å². The molecule has 80 valence electrons. The van der Waals surface area contributed by atoms with Gasteiger partial charge in [0.25, 0.3) is 0 Å². The number of fused-ring (bicyclic) bond motifs is 2. The van der Waals surface area contributed by atoms with Crippen molar-refractivity contribution in [1.82, 2.24) is 5.32 Å². The fraction of sp³-hybridized carbons (Fsp3) is 0.917. The maximum absolute atomic E-state index is 11.1. The second-order valence-electron chi connectivity index (χ2n) is 5.94. The fourth-order valence-corrected chi connectivity index (χ4v) is 3.71. The number of hydrogen-bond acceptors (Lipinski definition) is 1. The molecule has 0 unspecified atom stereocenters. The maximum Gasteiger partial charge on any atom is 0.217 e. The van der Waals surface area contributed by atoms with Gasteiger partial charge in [-0.05, 0) is 36.0 Å². The fourth-order valence-electron chi connectivity index (χ4n) is 3.71. The summed E-state index contributed by atoms with van der Waals surface area (Å²) in [5.41, 5.74) is 0.852. The van der Waals surface area contributed by atoms with Crippen LogP contribution in [0, 0.1) is 16.7 Å². The second kappa shape index (κ2) is 2.74. The SMILES string of the molecule is CC(=O)N[C@@H]1C[C@@]2(C)CC[C@@H]1C2(C)C. The standard InChI is InChI=1S/C12H21NO/c1-8(14)13-10-7-12(4)6-5-9(10)11(12,2)3/h9-10H,5-7H2,1-4H3,(H,13,14)/t9-,10+,12+/m0/s1. The predicted octanol–water partition coefficient (Wildman–Crippen LogP) is 2.34. The molecule has 2 fully saturated rings. The molecule has 2 aliphatic carbocycles. The molecule has 2 bridgehead atoms. The lowest BCUT2D eigenvalue weighted by molar-refractivity contribution is -0.120. The molecule has 2 rings (SSSR count). The Morgan fingerprint density at radius 3 is 2.36 bits per heavy atom. The van der Waals surface area contributed by atoms with E-state index in [2.05, 4.69) is 26.1 Å². The Bertz CT molecular complexity index is 269. The van der Waals surface area contributed by atoms with Crippen molar-refractivity contribution in [2.24, 2.45) is 16.7 Å². The molecule has 0 aromatic heterocycles. The maximum atomic E-state index is 11.1. The molecule has 2 saturated carbocycles. The summed E-state index contributed by atoms with van der Waals surface area (Å²) in [5, 5.41) is 3.12. The van der Waals surface area contributed by atoms with Crippen molar-refractivity contribution in [2.75, 3.05) is 0 Å². The van der Waals surface area contributed by atoms with Crippen LogP contribution >= 0.6 is 0 Å². The van der Waals surface area contributed by atoms with E-state index in [4.69, 9.17) is 0 Å². The van der Waals surface area contributed by atoms with E-state index in [-0.39, 0.29) is 5.91 Å². The molecule has 0 radical (unpaired) electrons. The highest BCUT2D eigenvalue weighted by Gasteiger charge is 2.60. The van der Waals surface area contributed by atoms with Gasteiger partial charge in [0.2, 0.25) is 5.91 Å². The van der Waals surface area contributed by atoms with Crippen molar-refractivity contribution < 1.29 is 4.79 Å². The van der Waals surface area contributed by atoms with Crippen molar-refractivity contribution in [3.63, 3.8) is 0 Å². The Balaban J connectivity index is 2.19. The van der Waals surface area contributed by atoms with Crippen LogP contribution in [-0.2, 0) is 4.79 Å². The molecule has 2 nitrogen and oxygen atoms in total. The van der Waals surface area contributed by atoms with Crippen molar-refractivity contribution in [3.8, 4) is 0 Å². The summed E-state index contributed by atoms with van der Waals surface area (Å²) < 4.78 is 0. The zero-order valence-electron chi connectivity index (χ0n) is 9.68. The lowest BCUT2D eigenvalue weighted by atomic mass is 9.71. The van der Waals surface area contributed by atoms with Gasteiger partial charge in [-0.25, -0.2) is 0 Å². The molecular weight excluding hydrogens is 174 g/mol. The summed E-state index contributed by atoms with van der Waals surface area (Å²) in [6.07, 6.45) is 3.79. The van der Waals surface area contributed by atoms with Crippen LogP contribution in [0.2, 0.25) is 0 Å². The number of rotatable bonds is 1. The van der Waals surface area contributed by atoms with E-state index in [1.807, 2.05) is 0 Å². The normalized spacial score (nSPS) is 44.0. The molecular formula is C12H21NO. The van der Waals surface area contributed by atoms with Crippen LogP contribution < -0.4 is 5.32 Å². The van der Waals surface area contributed by atoms with Gasteiger partial charge in [-0.3, -0.25) is 4.79 Å². The van der Waals surface area contributed by atoms with Crippen LogP contribution in [0.5, 0.6) is 0 Å². The largest absolute Gasteiger partial charge is 0.353 e. The molecule has 3 atom stereocenters. The van der Waals surface area contributed by atoms with Gasteiger partial charge in [-0.2, -0.15) is 0 Å². The minimum absolute atomic E-state index is 0.127. The van der Waals surface area contributed by atoms with Crippen LogP contribution in [0.15, 0.2) is 0 Å². The first-order valence-corrected chi connectivity index (χ1v) is 5.64. The molecule has 1 N–H and O–H groups in total. The van der Waals surface area contributed by atoms with E-state index in [0.29, 0.717) is 22.8 Å². The van der Waals surface area contributed by atoms with Gasteiger partial charge in [-0.15, -0.1) is 0 Å². The van der Waals surface area contributed by atoms with Gasteiger partial charge in [0.15, 0.2) is 0 Å². The van der Waals surface area contributed by atoms with Crippen LogP contribution in [0.1, 0.15) is 47.0 Å². The van der Waals surface area contributed by atoms with Crippen molar-refractivity contribution in [3.05, 3.63) is 0 Å². The second-order valence-corrected chi connectivity index (χ2v) is 5.94. The summed E-state index contributed by atoms with van der Waals surface area (Å²) in [7, 11) is 0. The molecule has 0 aliphatic heterocycles. The van der Waals surface area contributed by atoms with Crippen LogP contribution in [0.25, 0.3) is 0 Å². The van der Waals surface area contributed by atoms with E-state index < -0.39 is 0 Å². The quantitative estimate of drug-likeness (QED) is 0.683. The van der Waals surface area contributed by atoms with Gasteiger partial charge >= 0.3 is 0 Å². The molecule has 2 heteroatoms. The van der Waals surface area contributed by atoms with E-state index >= 15 is 0 Å². The lowest BCUT2D eigenvalue weighted by Gasteiger charge is -2.33. The molecule has 0 heterocycles. The molecule has 2 aliphatic rings. The number of hydrogen-bond donors (Lipinski definition) is 1. The minimum Gasteiger partial charge on any atom is -0.353 e. The first-order valence-electron chi connectivity index (χ1n) is 5.64. The van der Waals surface area contributed by atoms with Crippen molar-refractivity contribution in [2.45, 2.75) is 53.0 Å². The first-order chi connectivity index (χ1) is 6.37. The summed E-state index contributed by atoms with van der Waals surface area (Å²) in [4.78, 5) is 11.1. The monoisotopic (exact) mass is 195 g/mol. The molecule has 1 amide bonds. The van der Waals surface area contributed by atoms with Gasteiger partial charge < -0.3 is 5.32 Å². The average Bonchev–Trinajstić information content (AvgIpc) is 2.31. The zero-order chi connectivity index (χ0) is 10.6. The molecule has 0 saturated heterocycles. The van der Waals surface area contributed by atoms with Gasteiger partial charge in [0.1, 0.15) is 0 Å². The van der Waals surface area contributed by atoms with Gasteiger partial charge in [0.05, 0.1) is 0 Å². The Morgan fingerprint density at radius 2 is 2.00 bits per heavy atom. The van der Waals surface area contributed by atoms with Crippen LogP contribution in [0.3, 0.4) is 0 Å². The summed E-state index contributed by atoms with van der Waals surface area (Å²) >= 11 is 0. The average molecular weight is 195 g/mol. The van der Waals surface area contributed by atoms with E-state index in [9.17, 15) is 4.79 Å². The van der Waals surface area contributed by atoms with E-state index in [1.165, 1.54) is 19.3 Å². The smallest absolute Gasteiger partial charge is 0.217 e. The first kappa shape index (κ1) is 10.0. The highest BCUT2D eigenvalue weighted by Crippen LogP contribution is 2.65. The minimum atomic E-state index is 0.127. The highest BCUT2D eigenvalue weighted by atomic mass is 16.1. The summed E-state index contributed by atoms with van der Waals surface area (Å²) in [5.74, 6) is 0.818. The summed E-state index contributed by atoms with van der Waals surface area (Å²) in [6, 6.07) is 0.432. The molecule has 14 heavy (non-hydrogen) atoms. The predicted molar refractivity (Wildman–Crippen MR) is 56.8 cm³/mol. The number of nitrogens with one attached hydrogen (secondary N) is 1. The Morgan fingerprint density at radius 1 is 1.36 bits per heavy atom. The molecule has 0 aromatic rings. The third-order valence-electron chi connectivity index (χ3n) is 5.03. The van der Waals surface area contributed by atoms with Crippen LogP contribution in [0.4, 0.5) is 0 Å². The summed E-state index contributed by atoms with van der Waals surface area (Å²) in [6.45, 7) is 8.75. The lowest BCUT2D eigenvalue weighted by Crippen LogP contribution is -2.38. The number of amides is 1. The Labute approximate surface area is 86.5 Å². The van der Waals surface area contributed by atoms with E-state index in [1.54, 1.807) is 6.92 Å². The topological polar surface area (TPSA) is 29.1 Å². The third-order valence-corrected chi connectivity index (χ3v) is 5.03. The Hall–Kier alpha value is -0.530. The zero-order valence-corrected chi connectivity index (χ0v) is 9.68. The molecule has 0 spiro atoms. The van der Waals surface area contributed by atoms with Gasteiger partial charge in [0, 0.05) is 13.0 Å². The Kier molecular flexibility index (Phi) is 1.96.